The highest BCUT2D eigenvalue weighted by atomic mass is 16.6. The monoisotopic (exact) mass is 553 g/mol. The van der Waals surface area contributed by atoms with Gasteiger partial charge in [0.2, 0.25) is 0 Å². The summed E-state index contributed by atoms with van der Waals surface area (Å²) in [6.45, 7) is 8.87. The SMILES string of the molecule is CCCCCCCCCCCCCCCCCCN(C)CC1=C(O)OC2=C3CCC[NH+]4CCCC(=CC2=C1C)C34. The number of aliphatic hydroxyl groups excluding tert-OH is 1. The van der Waals surface area contributed by atoms with Crippen molar-refractivity contribution in [2.45, 2.75) is 148 Å². The van der Waals surface area contributed by atoms with E-state index in [1.165, 1.54) is 152 Å². The first-order valence-corrected chi connectivity index (χ1v) is 17.4. The minimum Gasteiger partial charge on any atom is -0.480 e. The second-order valence-electron chi connectivity index (χ2n) is 13.3. The van der Waals surface area contributed by atoms with Crippen molar-refractivity contribution >= 4 is 0 Å². The minimum atomic E-state index is 0.141. The molecule has 4 heteroatoms. The zero-order valence-corrected chi connectivity index (χ0v) is 26.4. The third kappa shape index (κ3) is 8.74. The number of rotatable bonds is 19. The van der Waals surface area contributed by atoms with Crippen LogP contribution in [0.25, 0.3) is 0 Å². The lowest BCUT2D eigenvalue weighted by molar-refractivity contribution is -0.922. The summed E-state index contributed by atoms with van der Waals surface area (Å²) in [4.78, 5) is 4.08. The zero-order valence-electron chi connectivity index (χ0n) is 26.4. The van der Waals surface area contributed by atoms with Crippen LogP contribution in [0.3, 0.4) is 0 Å². The number of allylic oxidation sites excluding steroid dienone is 1. The van der Waals surface area contributed by atoms with Gasteiger partial charge in [0, 0.05) is 30.5 Å². The molecule has 4 aliphatic rings. The Balaban J connectivity index is 1.09. The van der Waals surface area contributed by atoms with Crippen molar-refractivity contribution in [3.63, 3.8) is 0 Å². The van der Waals surface area contributed by atoms with Crippen molar-refractivity contribution in [2.24, 2.45) is 0 Å². The standard InChI is InChI=1S/C36H60N2O2/c1-4-5-6-7-8-9-10-11-12-13-14-15-16-17-18-19-24-37(3)28-33-29(2)32-27-30-22-20-25-38-26-21-23-31(34(30)38)35(32)40-36(33)39/h27,34,39H,4-26,28H2,1-3H3/p+1. The Morgan fingerprint density at radius 3 is 1.98 bits per heavy atom. The Kier molecular flexibility index (Phi) is 13.2. The maximum atomic E-state index is 11.0. The van der Waals surface area contributed by atoms with Crippen molar-refractivity contribution < 1.29 is 14.7 Å². The molecule has 0 aromatic carbocycles. The van der Waals surface area contributed by atoms with Crippen molar-refractivity contribution in [1.82, 2.24) is 4.90 Å². The molecule has 2 saturated heterocycles. The molecule has 0 saturated carbocycles. The van der Waals surface area contributed by atoms with Crippen molar-refractivity contribution in [1.29, 1.82) is 0 Å². The van der Waals surface area contributed by atoms with Crippen LogP contribution in [0.15, 0.2) is 45.6 Å². The quantitative estimate of drug-likeness (QED) is 0.158. The number of likely N-dealkylation sites (N-methyl/N-ethyl adjacent to an activating group) is 1. The average molecular weight is 554 g/mol. The third-order valence-corrected chi connectivity index (χ3v) is 10.0. The third-order valence-electron chi connectivity index (χ3n) is 10.0. The first-order valence-electron chi connectivity index (χ1n) is 17.4. The number of hydrogen-bond donors (Lipinski definition) is 2. The van der Waals surface area contributed by atoms with E-state index >= 15 is 0 Å². The number of aliphatic hydroxyl groups is 1. The van der Waals surface area contributed by atoms with E-state index in [9.17, 15) is 5.11 Å². The second-order valence-corrected chi connectivity index (χ2v) is 13.3. The largest absolute Gasteiger partial charge is 0.480 e. The molecular weight excluding hydrogens is 492 g/mol. The molecule has 3 aliphatic heterocycles. The van der Waals surface area contributed by atoms with Crippen LogP contribution >= 0.6 is 0 Å². The molecule has 0 aromatic heterocycles. The van der Waals surface area contributed by atoms with Crippen LogP contribution in [-0.2, 0) is 4.74 Å². The summed E-state index contributed by atoms with van der Waals surface area (Å²) in [5.74, 6) is 1.12. The number of nitrogens with one attached hydrogen (secondary N) is 1. The van der Waals surface area contributed by atoms with Gasteiger partial charge in [-0.25, -0.2) is 0 Å². The first-order chi connectivity index (χ1) is 19.6. The van der Waals surface area contributed by atoms with Crippen molar-refractivity contribution in [3.8, 4) is 0 Å². The van der Waals surface area contributed by atoms with E-state index in [1.807, 2.05) is 0 Å². The lowest BCUT2D eigenvalue weighted by Crippen LogP contribution is -3.17. The van der Waals surface area contributed by atoms with Gasteiger partial charge in [-0.15, -0.1) is 0 Å². The summed E-state index contributed by atoms with van der Waals surface area (Å²) in [7, 11) is 2.19. The van der Waals surface area contributed by atoms with Crippen LogP contribution in [0, 0.1) is 0 Å². The van der Waals surface area contributed by atoms with Crippen LogP contribution in [0.4, 0.5) is 0 Å². The Labute approximate surface area is 246 Å². The molecule has 226 valence electrons. The Morgan fingerprint density at radius 1 is 0.825 bits per heavy atom. The van der Waals surface area contributed by atoms with E-state index in [-0.39, 0.29) is 5.95 Å². The van der Waals surface area contributed by atoms with Gasteiger partial charge >= 0.3 is 0 Å². The number of fused-ring (bicyclic) bond motifs is 1. The number of unbranched alkanes of at least 4 members (excludes halogenated alkanes) is 15. The summed E-state index contributed by atoms with van der Waals surface area (Å²) in [6.07, 6.45) is 29.8. The van der Waals surface area contributed by atoms with Gasteiger partial charge in [-0.1, -0.05) is 103 Å². The van der Waals surface area contributed by atoms with Crippen LogP contribution < -0.4 is 4.90 Å². The molecule has 2 fully saturated rings. The smallest absolute Gasteiger partial charge is 0.287 e. The maximum Gasteiger partial charge on any atom is 0.287 e. The van der Waals surface area contributed by atoms with Gasteiger partial charge in [0.15, 0.2) is 0 Å². The predicted molar refractivity (Wildman–Crippen MR) is 169 cm³/mol. The molecule has 1 aliphatic carbocycles. The molecule has 3 heterocycles. The minimum absolute atomic E-state index is 0.141. The molecule has 0 bridgehead atoms. The summed E-state index contributed by atoms with van der Waals surface area (Å²) in [5, 5.41) is 11.0. The number of hydrogen-bond acceptors (Lipinski definition) is 3. The highest BCUT2D eigenvalue weighted by Crippen LogP contribution is 2.42. The average Bonchev–Trinajstić information content (AvgIpc) is 2.96. The summed E-state index contributed by atoms with van der Waals surface area (Å²) in [5.41, 5.74) is 6.48. The van der Waals surface area contributed by atoms with E-state index < -0.39 is 0 Å². The van der Waals surface area contributed by atoms with Gasteiger partial charge in [0.05, 0.1) is 18.7 Å². The molecule has 40 heavy (non-hydrogen) atoms. The fraction of sp³-hybridized carbons (Fsp3) is 0.778. The van der Waals surface area contributed by atoms with Crippen LogP contribution in [0.5, 0.6) is 0 Å². The van der Waals surface area contributed by atoms with E-state index in [2.05, 4.69) is 31.9 Å². The molecule has 2 atom stereocenters. The normalized spacial score (nSPS) is 22.4. The fourth-order valence-corrected chi connectivity index (χ4v) is 7.63. The van der Waals surface area contributed by atoms with Crippen LogP contribution in [-0.4, -0.2) is 49.3 Å². The van der Waals surface area contributed by atoms with Gasteiger partial charge < -0.3 is 19.6 Å². The van der Waals surface area contributed by atoms with E-state index in [0.29, 0.717) is 6.04 Å². The molecule has 4 rings (SSSR count). The first kappa shape index (κ1) is 31.4. The van der Waals surface area contributed by atoms with Gasteiger partial charge in [-0.2, -0.15) is 0 Å². The van der Waals surface area contributed by atoms with Crippen molar-refractivity contribution in [2.75, 3.05) is 33.2 Å². The van der Waals surface area contributed by atoms with Gasteiger partial charge in [-0.3, -0.25) is 0 Å². The molecule has 0 aromatic rings. The van der Waals surface area contributed by atoms with Crippen LogP contribution in [0.2, 0.25) is 0 Å². The molecule has 0 amide bonds. The molecule has 0 radical (unpaired) electrons. The van der Waals surface area contributed by atoms with Gasteiger partial charge in [0.1, 0.15) is 11.8 Å². The highest BCUT2D eigenvalue weighted by molar-refractivity contribution is 5.58. The lowest BCUT2D eigenvalue weighted by Gasteiger charge is -2.43. The molecule has 2 unspecified atom stereocenters. The summed E-state index contributed by atoms with van der Waals surface area (Å²) >= 11 is 0. The molecular formula is C36H61N2O2+. The Bertz CT molecular complexity index is 925. The topological polar surface area (TPSA) is 37.1 Å². The number of nitrogens with zero attached hydrogens (tertiary/aromatic N) is 1. The molecule has 2 N–H and O–H groups in total. The Hall–Kier alpha value is -1.52. The Morgan fingerprint density at radius 2 is 1.38 bits per heavy atom. The van der Waals surface area contributed by atoms with Gasteiger partial charge in [-0.05, 0) is 57.0 Å². The van der Waals surface area contributed by atoms with Crippen molar-refractivity contribution in [3.05, 3.63) is 45.6 Å². The number of piperidine rings is 2. The fourth-order valence-electron chi connectivity index (χ4n) is 7.63. The number of ether oxygens (including phenoxy) is 1. The van der Waals surface area contributed by atoms with E-state index in [4.69, 9.17) is 4.74 Å². The second kappa shape index (κ2) is 16.8. The summed E-state index contributed by atoms with van der Waals surface area (Å²) in [6, 6.07) is 0.501. The molecule has 0 spiro atoms. The van der Waals surface area contributed by atoms with Gasteiger partial charge in [0.25, 0.3) is 5.95 Å². The zero-order chi connectivity index (χ0) is 28.2. The van der Waals surface area contributed by atoms with E-state index in [0.717, 1.165) is 30.8 Å². The van der Waals surface area contributed by atoms with E-state index in [1.54, 1.807) is 10.5 Å². The van der Waals surface area contributed by atoms with Crippen LogP contribution in [0.1, 0.15) is 142 Å². The number of quaternary nitrogens is 1. The molecule has 4 nitrogen and oxygen atoms in total. The maximum absolute atomic E-state index is 11.0. The highest BCUT2D eigenvalue weighted by Gasteiger charge is 2.43. The predicted octanol–water partition coefficient (Wildman–Crippen LogP) is 8.33. The lowest BCUT2D eigenvalue weighted by atomic mass is 9.77. The summed E-state index contributed by atoms with van der Waals surface area (Å²) < 4.78 is 6.22.